The number of nitro groups is 1. The summed E-state index contributed by atoms with van der Waals surface area (Å²) in [6.07, 6.45) is 3.91. The Bertz CT molecular complexity index is 1020. The van der Waals surface area contributed by atoms with Crippen molar-refractivity contribution >= 4 is 27.4 Å². The number of nitrogens with one attached hydrogen (secondary N) is 1. The van der Waals surface area contributed by atoms with Gasteiger partial charge in [-0.1, -0.05) is 20.8 Å². The summed E-state index contributed by atoms with van der Waals surface area (Å²) in [4.78, 5) is 34.4. The molecule has 1 amide bonds. The van der Waals surface area contributed by atoms with Crippen LogP contribution in [0.1, 0.15) is 50.4 Å². The summed E-state index contributed by atoms with van der Waals surface area (Å²) in [6, 6.07) is 2.97. The highest BCUT2D eigenvalue weighted by Gasteiger charge is 2.61. The minimum atomic E-state index is -3.84. The third-order valence-electron chi connectivity index (χ3n) is 7.25. The molecule has 1 aromatic carbocycles. The average molecular weight is 439 g/mol. The van der Waals surface area contributed by atoms with Gasteiger partial charge in [-0.15, -0.1) is 0 Å². The van der Waals surface area contributed by atoms with Crippen LogP contribution in [0.3, 0.4) is 0 Å². The van der Waals surface area contributed by atoms with Crippen molar-refractivity contribution in [1.82, 2.24) is 5.32 Å². The van der Waals surface area contributed by atoms with Crippen molar-refractivity contribution in [2.24, 2.45) is 16.7 Å². The van der Waals surface area contributed by atoms with Gasteiger partial charge < -0.3 is 10.1 Å². The molecule has 0 spiro atoms. The largest absolute Gasteiger partial charge is 0.452 e. The lowest BCUT2D eigenvalue weighted by Crippen LogP contribution is -2.48. The van der Waals surface area contributed by atoms with Crippen molar-refractivity contribution in [2.45, 2.75) is 51.0 Å². The van der Waals surface area contributed by atoms with Crippen LogP contribution in [0.4, 0.5) is 5.69 Å². The maximum absolute atomic E-state index is 12.3. The number of esters is 1. The fourth-order valence-electron chi connectivity index (χ4n) is 4.97. The van der Waals surface area contributed by atoms with E-state index >= 15 is 0 Å². The number of rotatable bonds is 6. The molecule has 1 aromatic rings. The number of hydrogen-bond acceptors (Lipinski definition) is 7. The quantitative estimate of drug-likeness (QED) is 0.410. The number of amides is 1. The number of carbonyl (C=O) groups is 2. The number of ether oxygens (including phenoxy) is 1. The predicted octanol–water partition coefficient (Wildman–Crippen LogP) is 2.49. The molecule has 2 aliphatic carbocycles. The lowest BCUT2D eigenvalue weighted by Gasteiger charge is -2.39. The number of sulfone groups is 1. The highest BCUT2D eigenvalue weighted by atomic mass is 32.2. The molecule has 10 heteroatoms. The fourth-order valence-corrected chi connectivity index (χ4v) is 5.80. The zero-order valence-corrected chi connectivity index (χ0v) is 18.2. The van der Waals surface area contributed by atoms with Gasteiger partial charge in [0, 0.05) is 18.4 Å². The second kappa shape index (κ2) is 7.33. The van der Waals surface area contributed by atoms with E-state index < -0.39 is 43.8 Å². The predicted molar refractivity (Wildman–Crippen MR) is 108 cm³/mol. The van der Waals surface area contributed by atoms with E-state index in [-0.39, 0.29) is 22.4 Å². The molecule has 30 heavy (non-hydrogen) atoms. The highest BCUT2D eigenvalue weighted by molar-refractivity contribution is 7.90. The van der Waals surface area contributed by atoms with Gasteiger partial charge in [-0.05, 0) is 48.1 Å². The first-order valence-corrected chi connectivity index (χ1v) is 11.6. The van der Waals surface area contributed by atoms with Crippen molar-refractivity contribution in [3.63, 3.8) is 0 Å². The topological polar surface area (TPSA) is 133 Å². The molecular formula is C20H26N2O7S. The molecule has 9 nitrogen and oxygen atoms in total. The van der Waals surface area contributed by atoms with Crippen LogP contribution in [0.15, 0.2) is 23.1 Å². The van der Waals surface area contributed by atoms with Gasteiger partial charge in [0.25, 0.3) is 11.6 Å². The van der Waals surface area contributed by atoms with Crippen LogP contribution >= 0.6 is 0 Å². The number of benzene rings is 1. The standard InChI is InChI=1S/C20H26N2O7S/c1-19(2)13-7-8-20(19,3)16(10-13)21-17(23)11-29-18(24)12-5-6-15(30(4,27)28)14(9-12)22(25)26/h5-6,9,13,16H,7-8,10-11H2,1-4H3,(H,21,23). The molecule has 2 bridgehead atoms. The highest BCUT2D eigenvalue weighted by Crippen LogP contribution is 2.65. The van der Waals surface area contributed by atoms with E-state index in [9.17, 15) is 28.1 Å². The third-order valence-corrected chi connectivity index (χ3v) is 8.40. The Morgan fingerprint density at radius 1 is 1.30 bits per heavy atom. The summed E-state index contributed by atoms with van der Waals surface area (Å²) in [5.74, 6) is -0.822. The van der Waals surface area contributed by atoms with E-state index in [4.69, 9.17) is 4.74 Å². The number of nitro benzene ring substituents is 1. The molecule has 0 aliphatic heterocycles. The van der Waals surface area contributed by atoms with Gasteiger partial charge in [-0.3, -0.25) is 14.9 Å². The number of fused-ring (bicyclic) bond motifs is 2. The minimum Gasteiger partial charge on any atom is -0.452 e. The van der Waals surface area contributed by atoms with Crippen LogP contribution in [0.2, 0.25) is 0 Å². The molecule has 0 heterocycles. The molecule has 1 N–H and O–H groups in total. The Balaban J connectivity index is 1.64. The summed E-state index contributed by atoms with van der Waals surface area (Å²) < 4.78 is 28.3. The van der Waals surface area contributed by atoms with E-state index in [0.717, 1.165) is 43.7 Å². The van der Waals surface area contributed by atoms with E-state index in [0.29, 0.717) is 5.92 Å². The van der Waals surface area contributed by atoms with E-state index in [1.54, 1.807) is 0 Å². The van der Waals surface area contributed by atoms with Crippen molar-refractivity contribution in [3.05, 3.63) is 33.9 Å². The molecule has 3 rings (SSSR count). The van der Waals surface area contributed by atoms with Crippen LogP contribution in [0.5, 0.6) is 0 Å². The third kappa shape index (κ3) is 3.68. The Labute approximate surface area is 175 Å². The maximum atomic E-state index is 12.3. The zero-order chi connectivity index (χ0) is 22.5. The Morgan fingerprint density at radius 2 is 1.97 bits per heavy atom. The zero-order valence-electron chi connectivity index (χ0n) is 17.4. The van der Waals surface area contributed by atoms with Crippen molar-refractivity contribution < 1.29 is 27.7 Å². The van der Waals surface area contributed by atoms with Gasteiger partial charge >= 0.3 is 5.97 Å². The Hall–Kier alpha value is -2.49. The number of carbonyl (C=O) groups excluding carboxylic acids is 2. The normalized spacial score (nSPS) is 26.9. The van der Waals surface area contributed by atoms with Crippen LogP contribution in [0.25, 0.3) is 0 Å². The second-order valence-electron chi connectivity index (χ2n) is 9.02. The number of hydrogen-bond donors (Lipinski definition) is 1. The molecule has 2 fully saturated rings. The molecular weight excluding hydrogens is 412 g/mol. The fraction of sp³-hybridized carbons (Fsp3) is 0.600. The van der Waals surface area contributed by atoms with Gasteiger partial charge in [0.15, 0.2) is 16.4 Å². The van der Waals surface area contributed by atoms with Crippen molar-refractivity contribution in [1.29, 1.82) is 0 Å². The second-order valence-corrected chi connectivity index (χ2v) is 11.0. The molecule has 0 saturated heterocycles. The van der Waals surface area contributed by atoms with E-state index in [2.05, 4.69) is 26.1 Å². The molecule has 0 aromatic heterocycles. The van der Waals surface area contributed by atoms with Crippen molar-refractivity contribution in [2.75, 3.05) is 12.9 Å². The van der Waals surface area contributed by atoms with Crippen LogP contribution in [-0.2, 0) is 19.4 Å². The van der Waals surface area contributed by atoms with E-state index in [1.165, 1.54) is 0 Å². The first-order chi connectivity index (χ1) is 13.8. The van der Waals surface area contributed by atoms with Gasteiger partial charge in [0.2, 0.25) is 0 Å². The first-order valence-electron chi connectivity index (χ1n) is 9.72. The van der Waals surface area contributed by atoms with Crippen LogP contribution in [0, 0.1) is 26.9 Å². The van der Waals surface area contributed by atoms with Gasteiger partial charge in [0.1, 0.15) is 4.90 Å². The minimum absolute atomic E-state index is 0.00702. The molecule has 3 atom stereocenters. The summed E-state index contributed by atoms with van der Waals surface area (Å²) in [6.45, 7) is 6.12. The first kappa shape index (κ1) is 22.2. The van der Waals surface area contributed by atoms with Gasteiger partial charge in [-0.25, -0.2) is 13.2 Å². The van der Waals surface area contributed by atoms with Gasteiger partial charge in [0.05, 0.1) is 10.5 Å². The lowest BCUT2D eigenvalue weighted by molar-refractivity contribution is -0.387. The monoisotopic (exact) mass is 438 g/mol. The molecule has 3 unspecified atom stereocenters. The van der Waals surface area contributed by atoms with Crippen LogP contribution in [-0.4, -0.2) is 44.1 Å². The molecule has 2 aliphatic rings. The summed E-state index contributed by atoms with van der Waals surface area (Å²) in [5, 5.41) is 14.1. The summed E-state index contributed by atoms with van der Waals surface area (Å²) in [5.41, 5.74) is -0.801. The smallest absolute Gasteiger partial charge is 0.338 e. The Kier molecular flexibility index (Phi) is 5.43. The average Bonchev–Trinajstić information content (AvgIpc) is 2.98. The summed E-state index contributed by atoms with van der Waals surface area (Å²) in [7, 11) is -3.84. The molecule has 0 radical (unpaired) electrons. The van der Waals surface area contributed by atoms with Crippen LogP contribution < -0.4 is 5.32 Å². The SMILES string of the molecule is CC1(C)C2CCC1(C)C(NC(=O)COC(=O)c1ccc(S(C)(=O)=O)c([N+](=O)[O-])c1)C2. The van der Waals surface area contributed by atoms with Gasteiger partial charge in [-0.2, -0.15) is 0 Å². The van der Waals surface area contributed by atoms with E-state index in [1.807, 2.05) is 0 Å². The Morgan fingerprint density at radius 3 is 2.47 bits per heavy atom. The summed E-state index contributed by atoms with van der Waals surface area (Å²) >= 11 is 0. The molecule has 2 saturated carbocycles. The lowest BCUT2D eigenvalue weighted by atomic mass is 9.69. The van der Waals surface area contributed by atoms with Crippen molar-refractivity contribution in [3.8, 4) is 0 Å². The maximum Gasteiger partial charge on any atom is 0.338 e. The number of nitrogens with zero attached hydrogens (tertiary/aromatic N) is 1. The molecule has 164 valence electrons.